The highest BCUT2D eigenvalue weighted by molar-refractivity contribution is 6.00. The van der Waals surface area contributed by atoms with Crippen LogP contribution in [0.25, 0.3) is 0 Å². The van der Waals surface area contributed by atoms with Gasteiger partial charge in [0.15, 0.2) is 5.78 Å². The summed E-state index contributed by atoms with van der Waals surface area (Å²) in [6, 6.07) is 16.7. The molecule has 2 aromatic rings. The Morgan fingerprint density at radius 2 is 1.75 bits per heavy atom. The van der Waals surface area contributed by atoms with Gasteiger partial charge in [-0.1, -0.05) is 62.4 Å². The van der Waals surface area contributed by atoms with Gasteiger partial charge in [0.05, 0.1) is 6.04 Å². The fourth-order valence-electron chi connectivity index (χ4n) is 2.31. The molecule has 0 radical (unpaired) electrons. The summed E-state index contributed by atoms with van der Waals surface area (Å²) < 4.78 is 0. The van der Waals surface area contributed by atoms with Gasteiger partial charge in [0, 0.05) is 5.56 Å². The van der Waals surface area contributed by atoms with Crippen molar-refractivity contribution < 1.29 is 4.79 Å². The van der Waals surface area contributed by atoms with Gasteiger partial charge in [-0.15, -0.1) is 0 Å². The first-order valence-electron chi connectivity index (χ1n) is 7.01. The van der Waals surface area contributed by atoms with Crippen LogP contribution < -0.4 is 5.73 Å². The van der Waals surface area contributed by atoms with E-state index in [0.29, 0.717) is 11.5 Å². The highest BCUT2D eigenvalue weighted by Gasteiger charge is 2.17. The third-order valence-corrected chi connectivity index (χ3v) is 3.30. The molecular weight excluding hydrogens is 246 g/mol. The second-order valence-corrected chi connectivity index (χ2v) is 5.55. The van der Waals surface area contributed by atoms with Crippen LogP contribution in [0.4, 0.5) is 0 Å². The van der Waals surface area contributed by atoms with Gasteiger partial charge in [-0.2, -0.15) is 0 Å². The van der Waals surface area contributed by atoms with Crippen molar-refractivity contribution in [3.63, 3.8) is 0 Å². The highest BCUT2D eigenvalue weighted by Crippen LogP contribution is 2.18. The number of carbonyl (C=O) groups is 1. The van der Waals surface area contributed by atoms with Crippen molar-refractivity contribution in [1.29, 1.82) is 0 Å². The SMILES string of the molecule is CC(C)Cc1cccc(C(=O)C(N)c2ccccc2)c1. The van der Waals surface area contributed by atoms with Crippen LogP contribution in [0.1, 0.15) is 41.4 Å². The normalized spacial score (nSPS) is 12.4. The van der Waals surface area contributed by atoms with Gasteiger partial charge in [-0.25, -0.2) is 0 Å². The van der Waals surface area contributed by atoms with E-state index in [-0.39, 0.29) is 5.78 Å². The molecule has 104 valence electrons. The van der Waals surface area contributed by atoms with E-state index in [0.717, 1.165) is 12.0 Å². The Balaban J connectivity index is 2.21. The smallest absolute Gasteiger partial charge is 0.184 e. The maximum absolute atomic E-state index is 12.5. The molecule has 2 nitrogen and oxygen atoms in total. The molecule has 0 saturated heterocycles. The van der Waals surface area contributed by atoms with Gasteiger partial charge in [0.25, 0.3) is 0 Å². The molecule has 0 amide bonds. The fourth-order valence-corrected chi connectivity index (χ4v) is 2.31. The van der Waals surface area contributed by atoms with Gasteiger partial charge >= 0.3 is 0 Å². The Labute approximate surface area is 120 Å². The number of ketones is 1. The van der Waals surface area contributed by atoms with Crippen molar-refractivity contribution in [3.8, 4) is 0 Å². The Morgan fingerprint density at radius 1 is 1.05 bits per heavy atom. The predicted molar refractivity (Wildman–Crippen MR) is 82.7 cm³/mol. The van der Waals surface area contributed by atoms with Gasteiger partial charge < -0.3 is 5.73 Å². The van der Waals surface area contributed by atoms with Crippen molar-refractivity contribution in [3.05, 3.63) is 71.3 Å². The minimum Gasteiger partial charge on any atom is -0.318 e. The molecule has 0 aliphatic carbocycles. The summed E-state index contributed by atoms with van der Waals surface area (Å²) in [7, 11) is 0. The highest BCUT2D eigenvalue weighted by atomic mass is 16.1. The zero-order valence-corrected chi connectivity index (χ0v) is 12.0. The van der Waals surface area contributed by atoms with Crippen LogP contribution in [0, 0.1) is 5.92 Å². The Bertz CT molecular complexity index is 575. The van der Waals surface area contributed by atoms with Gasteiger partial charge in [0.2, 0.25) is 0 Å². The van der Waals surface area contributed by atoms with E-state index in [4.69, 9.17) is 5.73 Å². The Morgan fingerprint density at radius 3 is 2.40 bits per heavy atom. The molecule has 1 unspecified atom stereocenters. The van der Waals surface area contributed by atoms with E-state index in [9.17, 15) is 4.79 Å². The number of nitrogens with two attached hydrogens (primary N) is 1. The lowest BCUT2D eigenvalue weighted by molar-refractivity contribution is 0.0961. The van der Waals surface area contributed by atoms with E-state index >= 15 is 0 Å². The van der Waals surface area contributed by atoms with Crippen molar-refractivity contribution in [2.45, 2.75) is 26.3 Å². The van der Waals surface area contributed by atoms with E-state index < -0.39 is 6.04 Å². The third kappa shape index (κ3) is 3.55. The van der Waals surface area contributed by atoms with Crippen LogP contribution in [0.3, 0.4) is 0 Å². The summed E-state index contributed by atoms with van der Waals surface area (Å²) in [5, 5.41) is 0. The maximum Gasteiger partial charge on any atom is 0.184 e. The van der Waals surface area contributed by atoms with Crippen molar-refractivity contribution >= 4 is 5.78 Å². The lowest BCUT2D eigenvalue weighted by Crippen LogP contribution is -2.21. The first-order valence-corrected chi connectivity index (χ1v) is 7.01. The minimum atomic E-state index is -0.592. The molecule has 2 aromatic carbocycles. The van der Waals surface area contributed by atoms with Gasteiger partial charge in [0.1, 0.15) is 0 Å². The number of Topliss-reactive ketones (excluding diaryl/α,β-unsaturated/α-hetero) is 1. The predicted octanol–water partition coefficient (Wildman–Crippen LogP) is 3.77. The summed E-state index contributed by atoms with van der Waals surface area (Å²) in [5.74, 6) is 0.546. The van der Waals surface area contributed by atoms with E-state index in [2.05, 4.69) is 19.9 Å². The second-order valence-electron chi connectivity index (χ2n) is 5.55. The summed E-state index contributed by atoms with van der Waals surface area (Å²) in [6.45, 7) is 4.34. The number of hydrogen-bond donors (Lipinski definition) is 1. The molecule has 2 heteroatoms. The second kappa shape index (κ2) is 6.49. The number of hydrogen-bond acceptors (Lipinski definition) is 2. The first-order chi connectivity index (χ1) is 9.58. The number of rotatable bonds is 5. The number of carbonyl (C=O) groups excluding carboxylic acids is 1. The molecular formula is C18H21NO. The molecule has 20 heavy (non-hydrogen) atoms. The van der Waals surface area contributed by atoms with Gasteiger partial charge in [-0.3, -0.25) is 4.79 Å². The minimum absolute atomic E-state index is 0.0261. The van der Waals surface area contributed by atoms with Crippen LogP contribution in [0.2, 0.25) is 0 Å². The van der Waals surface area contributed by atoms with Crippen LogP contribution in [-0.2, 0) is 6.42 Å². The molecule has 0 aromatic heterocycles. The molecule has 1 atom stereocenters. The van der Waals surface area contributed by atoms with Crippen molar-refractivity contribution in [1.82, 2.24) is 0 Å². The van der Waals surface area contributed by atoms with Crippen molar-refractivity contribution in [2.75, 3.05) is 0 Å². The summed E-state index contributed by atoms with van der Waals surface area (Å²) in [6.07, 6.45) is 0.974. The fraction of sp³-hybridized carbons (Fsp3) is 0.278. The molecule has 0 aliphatic heterocycles. The van der Waals surface area contributed by atoms with E-state index in [1.807, 2.05) is 48.5 Å². The zero-order valence-electron chi connectivity index (χ0n) is 12.0. The summed E-state index contributed by atoms with van der Waals surface area (Å²) in [5.41, 5.74) is 8.81. The topological polar surface area (TPSA) is 43.1 Å². The van der Waals surface area contributed by atoms with Crippen LogP contribution in [-0.4, -0.2) is 5.78 Å². The standard InChI is InChI=1S/C18H21NO/c1-13(2)11-14-7-6-10-16(12-14)18(20)17(19)15-8-4-3-5-9-15/h3-10,12-13,17H,11,19H2,1-2H3. The monoisotopic (exact) mass is 267 g/mol. The van der Waals surface area contributed by atoms with Crippen LogP contribution in [0.5, 0.6) is 0 Å². The molecule has 0 fully saturated rings. The molecule has 0 heterocycles. The third-order valence-electron chi connectivity index (χ3n) is 3.30. The molecule has 0 aliphatic rings. The molecule has 0 spiro atoms. The van der Waals surface area contributed by atoms with Gasteiger partial charge in [-0.05, 0) is 29.5 Å². The largest absolute Gasteiger partial charge is 0.318 e. The van der Waals surface area contributed by atoms with Crippen molar-refractivity contribution in [2.24, 2.45) is 11.7 Å². The summed E-state index contributed by atoms with van der Waals surface area (Å²) >= 11 is 0. The molecule has 2 N–H and O–H groups in total. The average molecular weight is 267 g/mol. The van der Waals surface area contributed by atoms with E-state index in [1.165, 1.54) is 5.56 Å². The lowest BCUT2D eigenvalue weighted by Gasteiger charge is -2.12. The van der Waals surface area contributed by atoms with Crippen LogP contribution in [0.15, 0.2) is 54.6 Å². The maximum atomic E-state index is 12.5. The Kier molecular flexibility index (Phi) is 4.70. The van der Waals surface area contributed by atoms with E-state index in [1.54, 1.807) is 0 Å². The summed E-state index contributed by atoms with van der Waals surface area (Å²) in [4.78, 5) is 12.5. The lowest BCUT2D eigenvalue weighted by atomic mass is 9.95. The average Bonchev–Trinajstić information content (AvgIpc) is 2.46. The molecule has 0 bridgehead atoms. The first kappa shape index (κ1) is 14.5. The van der Waals surface area contributed by atoms with Crippen LogP contribution >= 0.6 is 0 Å². The zero-order chi connectivity index (χ0) is 14.5. The Hall–Kier alpha value is -1.93. The quantitative estimate of drug-likeness (QED) is 0.838. The number of benzene rings is 2. The molecule has 0 saturated carbocycles. The molecule has 2 rings (SSSR count).